The van der Waals surface area contributed by atoms with Gasteiger partial charge in [-0.25, -0.2) is 8.42 Å². The summed E-state index contributed by atoms with van der Waals surface area (Å²) in [5.41, 5.74) is 0.551. The molecule has 0 atom stereocenters. The molecule has 7 heteroatoms. The number of amides is 1. The third-order valence-electron chi connectivity index (χ3n) is 4.52. The first-order chi connectivity index (χ1) is 10.6. The second-order valence-electron chi connectivity index (χ2n) is 5.88. The van der Waals surface area contributed by atoms with E-state index in [9.17, 15) is 13.2 Å². The molecule has 0 bridgehead atoms. The summed E-state index contributed by atoms with van der Waals surface area (Å²) in [6.45, 7) is 1.68. The highest BCUT2D eigenvalue weighted by molar-refractivity contribution is 7.89. The first-order valence-electron chi connectivity index (χ1n) is 7.77. The van der Waals surface area contributed by atoms with Gasteiger partial charge in [-0.05, 0) is 25.0 Å². The molecule has 1 aliphatic heterocycles. The van der Waals surface area contributed by atoms with Gasteiger partial charge in [-0.15, -0.1) is 0 Å². The van der Waals surface area contributed by atoms with Crippen molar-refractivity contribution in [1.82, 2.24) is 14.2 Å². The minimum atomic E-state index is -3.19. The highest BCUT2D eigenvalue weighted by Crippen LogP contribution is 2.27. The molecule has 0 N–H and O–H groups in total. The van der Waals surface area contributed by atoms with Gasteiger partial charge < -0.3 is 4.90 Å². The largest absolute Gasteiger partial charge is 0.336 e. The fourth-order valence-electron chi connectivity index (χ4n) is 3.21. The molecule has 1 amide bonds. The van der Waals surface area contributed by atoms with E-state index >= 15 is 0 Å². The molecule has 2 fully saturated rings. The number of carbonyl (C=O) groups excluding carboxylic acids is 1. The molecule has 2 aliphatic rings. The lowest BCUT2D eigenvalue weighted by Gasteiger charge is -2.35. The van der Waals surface area contributed by atoms with Gasteiger partial charge in [-0.3, -0.25) is 9.78 Å². The summed E-state index contributed by atoms with van der Waals surface area (Å²) >= 11 is 0. The van der Waals surface area contributed by atoms with Gasteiger partial charge in [0.05, 0.1) is 10.8 Å². The first-order valence-corrected chi connectivity index (χ1v) is 9.27. The van der Waals surface area contributed by atoms with Crippen molar-refractivity contribution in [3.63, 3.8) is 0 Å². The van der Waals surface area contributed by atoms with E-state index in [4.69, 9.17) is 0 Å². The predicted octanol–water partition coefficient (Wildman–Crippen LogP) is 1.11. The number of rotatable bonds is 3. The summed E-state index contributed by atoms with van der Waals surface area (Å²) < 4.78 is 26.7. The smallest absolute Gasteiger partial charge is 0.255 e. The van der Waals surface area contributed by atoms with Crippen molar-refractivity contribution in [3.05, 3.63) is 30.1 Å². The molecular formula is C15H21N3O3S. The number of hydrogen-bond donors (Lipinski definition) is 0. The highest BCUT2D eigenvalue weighted by atomic mass is 32.2. The Morgan fingerprint density at radius 1 is 1.14 bits per heavy atom. The monoisotopic (exact) mass is 323 g/mol. The van der Waals surface area contributed by atoms with Crippen LogP contribution in [-0.4, -0.2) is 59.9 Å². The van der Waals surface area contributed by atoms with E-state index < -0.39 is 10.0 Å². The van der Waals surface area contributed by atoms with Crippen LogP contribution < -0.4 is 0 Å². The summed E-state index contributed by atoms with van der Waals surface area (Å²) in [7, 11) is -3.19. The average Bonchev–Trinajstić information content (AvgIpc) is 3.10. The van der Waals surface area contributed by atoms with Crippen molar-refractivity contribution < 1.29 is 13.2 Å². The number of pyridine rings is 1. The number of piperazine rings is 1. The Kier molecular flexibility index (Phi) is 4.44. The molecule has 0 aromatic carbocycles. The van der Waals surface area contributed by atoms with Gasteiger partial charge in [0.25, 0.3) is 5.91 Å². The third-order valence-corrected chi connectivity index (χ3v) is 6.92. The Balaban J connectivity index is 1.62. The second kappa shape index (κ2) is 6.34. The van der Waals surface area contributed by atoms with Crippen LogP contribution in [0.2, 0.25) is 0 Å². The van der Waals surface area contributed by atoms with Crippen LogP contribution in [0, 0.1) is 0 Å². The van der Waals surface area contributed by atoms with E-state index in [1.807, 2.05) is 0 Å². The van der Waals surface area contributed by atoms with Gasteiger partial charge in [0.15, 0.2) is 0 Å². The van der Waals surface area contributed by atoms with Gasteiger partial charge in [0.1, 0.15) is 0 Å². The van der Waals surface area contributed by atoms with E-state index in [2.05, 4.69) is 4.98 Å². The van der Waals surface area contributed by atoms with E-state index in [1.165, 1.54) is 0 Å². The maximum absolute atomic E-state index is 12.5. The van der Waals surface area contributed by atoms with Crippen LogP contribution in [0.4, 0.5) is 0 Å². The summed E-state index contributed by atoms with van der Waals surface area (Å²) in [4.78, 5) is 18.0. The lowest BCUT2D eigenvalue weighted by Crippen LogP contribution is -2.52. The van der Waals surface area contributed by atoms with Gasteiger partial charge in [0.2, 0.25) is 10.0 Å². The van der Waals surface area contributed by atoms with E-state index in [-0.39, 0.29) is 11.2 Å². The van der Waals surface area contributed by atoms with Crippen molar-refractivity contribution in [2.24, 2.45) is 0 Å². The third kappa shape index (κ3) is 3.01. The van der Waals surface area contributed by atoms with Crippen molar-refractivity contribution >= 4 is 15.9 Å². The zero-order chi connectivity index (χ0) is 15.6. The zero-order valence-corrected chi connectivity index (χ0v) is 13.3. The molecule has 1 saturated carbocycles. The molecule has 1 aromatic rings. The van der Waals surface area contributed by atoms with Gasteiger partial charge in [-0.1, -0.05) is 12.8 Å². The van der Waals surface area contributed by atoms with Gasteiger partial charge in [-0.2, -0.15) is 4.31 Å². The summed E-state index contributed by atoms with van der Waals surface area (Å²) in [5.74, 6) is -0.0778. The normalized spacial score (nSPS) is 21.2. The molecule has 0 unspecified atom stereocenters. The molecule has 6 nitrogen and oxygen atoms in total. The Morgan fingerprint density at radius 3 is 2.41 bits per heavy atom. The van der Waals surface area contributed by atoms with Crippen LogP contribution in [0.3, 0.4) is 0 Å². The fraction of sp³-hybridized carbons (Fsp3) is 0.600. The molecular weight excluding hydrogens is 302 g/mol. The van der Waals surface area contributed by atoms with Crippen molar-refractivity contribution in [1.29, 1.82) is 0 Å². The number of hydrogen-bond acceptors (Lipinski definition) is 4. The van der Waals surface area contributed by atoms with E-state index in [1.54, 1.807) is 33.7 Å². The molecule has 0 spiro atoms. The van der Waals surface area contributed by atoms with Crippen molar-refractivity contribution in [2.75, 3.05) is 26.2 Å². The predicted molar refractivity (Wildman–Crippen MR) is 82.9 cm³/mol. The quantitative estimate of drug-likeness (QED) is 0.835. The molecule has 3 rings (SSSR count). The Labute approximate surface area is 131 Å². The minimum absolute atomic E-state index is 0.0778. The van der Waals surface area contributed by atoms with Crippen LogP contribution >= 0.6 is 0 Å². The van der Waals surface area contributed by atoms with Crippen LogP contribution in [0.1, 0.15) is 36.0 Å². The number of sulfonamides is 1. The minimum Gasteiger partial charge on any atom is -0.336 e. The van der Waals surface area contributed by atoms with Gasteiger partial charge >= 0.3 is 0 Å². The lowest BCUT2D eigenvalue weighted by atomic mass is 10.2. The molecule has 22 heavy (non-hydrogen) atoms. The Hall–Kier alpha value is -1.47. The molecule has 120 valence electrons. The Bertz CT molecular complexity index is 619. The van der Waals surface area contributed by atoms with Crippen LogP contribution in [0.25, 0.3) is 0 Å². The van der Waals surface area contributed by atoms with Crippen molar-refractivity contribution in [3.8, 4) is 0 Å². The van der Waals surface area contributed by atoms with E-state index in [0.29, 0.717) is 31.7 Å². The topological polar surface area (TPSA) is 70.6 Å². The number of aromatic nitrogens is 1. The van der Waals surface area contributed by atoms with E-state index in [0.717, 1.165) is 25.7 Å². The molecule has 1 aliphatic carbocycles. The first kappa shape index (κ1) is 15.4. The second-order valence-corrected chi connectivity index (χ2v) is 8.10. The van der Waals surface area contributed by atoms with Gasteiger partial charge in [0, 0.05) is 38.6 Å². The molecule has 1 saturated heterocycles. The standard InChI is InChI=1S/C15H21N3O3S/c19-15(13-4-3-7-16-12-13)17-8-10-18(11-9-17)22(20,21)14-5-1-2-6-14/h3-4,7,12,14H,1-2,5-6,8-11H2. The highest BCUT2D eigenvalue weighted by Gasteiger charge is 2.36. The maximum Gasteiger partial charge on any atom is 0.255 e. The summed E-state index contributed by atoms with van der Waals surface area (Å²) in [5, 5.41) is -0.215. The zero-order valence-electron chi connectivity index (χ0n) is 12.5. The maximum atomic E-state index is 12.5. The Morgan fingerprint density at radius 2 is 1.82 bits per heavy atom. The SMILES string of the molecule is O=C(c1cccnc1)N1CCN(S(=O)(=O)C2CCCC2)CC1. The lowest BCUT2D eigenvalue weighted by molar-refractivity contribution is 0.0697. The number of nitrogens with zero attached hydrogens (tertiary/aromatic N) is 3. The average molecular weight is 323 g/mol. The van der Waals surface area contributed by atoms with Crippen molar-refractivity contribution in [2.45, 2.75) is 30.9 Å². The summed E-state index contributed by atoms with van der Waals surface area (Å²) in [6, 6.07) is 3.46. The molecule has 1 aromatic heterocycles. The molecule has 2 heterocycles. The summed E-state index contributed by atoms with van der Waals surface area (Å²) in [6.07, 6.45) is 6.73. The van der Waals surface area contributed by atoms with Crippen LogP contribution in [0.5, 0.6) is 0 Å². The number of carbonyl (C=O) groups is 1. The fourth-order valence-corrected chi connectivity index (χ4v) is 5.24. The van der Waals surface area contributed by atoms with Crippen LogP contribution in [-0.2, 0) is 10.0 Å². The van der Waals surface area contributed by atoms with Crippen LogP contribution in [0.15, 0.2) is 24.5 Å². The molecule has 0 radical (unpaired) electrons.